The van der Waals surface area contributed by atoms with Gasteiger partial charge in [0.15, 0.2) is 0 Å². The molecule has 0 unspecified atom stereocenters. The number of anilines is 1. The Balaban J connectivity index is 2.13. The number of nitro benzene ring substituents is 1. The van der Waals surface area contributed by atoms with E-state index in [1.807, 2.05) is 0 Å². The third kappa shape index (κ3) is 3.19. The van der Waals surface area contributed by atoms with Gasteiger partial charge in [0, 0.05) is 23.9 Å². The fourth-order valence-electron chi connectivity index (χ4n) is 1.81. The first kappa shape index (κ1) is 14.1. The van der Waals surface area contributed by atoms with Gasteiger partial charge in [-0.1, -0.05) is 29.8 Å². The van der Waals surface area contributed by atoms with Crippen molar-refractivity contribution in [3.8, 4) is 5.75 Å². The molecule has 6 heteroatoms. The molecule has 2 aromatic carbocycles. The molecule has 0 heterocycles. The normalized spacial score (nSPS) is 10.1. The first-order valence-electron chi connectivity index (χ1n) is 5.91. The zero-order valence-corrected chi connectivity index (χ0v) is 11.6. The van der Waals surface area contributed by atoms with E-state index in [9.17, 15) is 10.1 Å². The number of rotatable bonds is 5. The molecular formula is C14H13ClN2O3. The lowest BCUT2D eigenvalue weighted by molar-refractivity contribution is -0.385. The Morgan fingerprint density at radius 1 is 1.30 bits per heavy atom. The molecule has 5 nitrogen and oxygen atoms in total. The highest BCUT2D eigenvalue weighted by Crippen LogP contribution is 2.28. The lowest BCUT2D eigenvalue weighted by Crippen LogP contribution is -2.03. The molecule has 2 aromatic rings. The number of ether oxygens (including phenoxy) is 1. The van der Waals surface area contributed by atoms with Gasteiger partial charge in [-0.05, 0) is 18.2 Å². The minimum atomic E-state index is -0.391. The predicted octanol–water partition coefficient (Wildman–Crippen LogP) is 3.87. The molecule has 0 aliphatic rings. The topological polar surface area (TPSA) is 64.4 Å². The van der Waals surface area contributed by atoms with Crippen molar-refractivity contribution in [2.45, 2.75) is 6.54 Å². The Kier molecular flexibility index (Phi) is 4.42. The minimum absolute atomic E-state index is 0.0969. The van der Waals surface area contributed by atoms with Gasteiger partial charge in [0.05, 0.1) is 17.1 Å². The maximum atomic E-state index is 10.9. The number of hydrogen-bond donors (Lipinski definition) is 1. The van der Waals surface area contributed by atoms with E-state index >= 15 is 0 Å². The first-order valence-corrected chi connectivity index (χ1v) is 6.29. The van der Waals surface area contributed by atoms with Crippen LogP contribution in [0.1, 0.15) is 5.56 Å². The molecule has 0 atom stereocenters. The van der Waals surface area contributed by atoms with E-state index < -0.39 is 4.92 Å². The Morgan fingerprint density at radius 2 is 2.05 bits per heavy atom. The largest absolute Gasteiger partial charge is 0.495 e. The molecule has 20 heavy (non-hydrogen) atoms. The van der Waals surface area contributed by atoms with Gasteiger partial charge in [-0.3, -0.25) is 10.1 Å². The van der Waals surface area contributed by atoms with Crippen LogP contribution in [0.5, 0.6) is 5.75 Å². The summed E-state index contributed by atoms with van der Waals surface area (Å²) in [6, 6.07) is 11.9. The Morgan fingerprint density at radius 3 is 2.70 bits per heavy atom. The summed E-state index contributed by atoms with van der Waals surface area (Å²) >= 11 is 6.02. The van der Waals surface area contributed by atoms with E-state index in [4.69, 9.17) is 16.3 Å². The lowest BCUT2D eigenvalue weighted by atomic mass is 10.2. The van der Waals surface area contributed by atoms with Gasteiger partial charge in [-0.2, -0.15) is 0 Å². The van der Waals surface area contributed by atoms with Crippen molar-refractivity contribution in [1.29, 1.82) is 0 Å². The third-order valence-electron chi connectivity index (χ3n) is 2.82. The number of para-hydroxylation sites is 1. The molecule has 0 spiro atoms. The maximum absolute atomic E-state index is 10.9. The van der Waals surface area contributed by atoms with Gasteiger partial charge in [-0.15, -0.1) is 0 Å². The van der Waals surface area contributed by atoms with Crippen LogP contribution in [0.4, 0.5) is 11.4 Å². The van der Waals surface area contributed by atoms with Crippen molar-refractivity contribution in [2.24, 2.45) is 0 Å². The van der Waals surface area contributed by atoms with E-state index in [-0.39, 0.29) is 5.69 Å². The van der Waals surface area contributed by atoms with Gasteiger partial charge >= 0.3 is 0 Å². The highest BCUT2D eigenvalue weighted by molar-refractivity contribution is 6.32. The van der Waals surface area contributed by atoms with Crippen molar-refractivity contribution in [1.82, 2.24) is 0 Å². The summed E-state index contributed by atoms with van der Waals surface area (Å²) in [5, 5.41) is 14.5. The molecule has 0 saturated carbocycles. The molecule has 0 aromatic heterocycles. The average Bonchev–Trinajstić information content (AvgIpc) is 2.45. The maximum Gasteiger partial charge on any atom is 0.274 e. The second-order valence-electron chi connectivity index (χ2n) is 4.09. The first-order chi connectivity index (χ1) is 9.61. The molecule has 2 rings (SSSR count). The fraction of sp³-hybridized carbons (Fsp3) is 0.143. The molecule has 0 bridgehead atoms. The summed E-state index contributed by atoms with van der Waals surface area (Å²) in [6.45, 7) is 0.347. The standard InChI is InChI=1S/C14H13ClN2O3/c1-20-14-7-6-11(8-12(14)15)16-9-10-4-2-3-5-13(10)17(18)19/h2-8,16H,9H2,1H3. The van der Waals surface area contributed by atoms with Crippen molar-refractivity contribution < 1.29 is 9.66 Å². The van der Waals surface area contributed by atoms with E-state index in [2.05, 4.69) is 5.32 Å². The van der Waals surface area contributed by atoms with Gasteiger partial charge in [0.25, 0.3) is 5.69 Å². The SMILES string of the molecule is COc1ccc(NCc2ccccc2[N+](=O)[O-])cc1Cl. The lowest BCUT2D eigenvalue weighted by Gasteiger charge is -2.09. The zero-order chi connectivity index (χ0) is 14.5. The van der Waals surface area contributed by atoms with E-state index in [0.29, 0.717) is 22.9 Å². The molecule has 1 N–H and O–H groups in total. The van der Waals surface area contributed by atoms with Gasteiger partial charge in [-0.25, -0.2) is 0 Å². The minimum Gasteiger partial charge on any atom is -0.495 e. The highest BCUT2D eigenvalue weighted by atomic mass is 35.5. The summed E-state index contributed by atoms with van der Waals surface area (Å²) in [5.41, 5.74) is 1.48. The van der Waals surface area contributed by atoms with Crippen LogP contribution in [0.25, 0.3) is 0 Å². The van der Waals surface area contributed by atoms with Crippen LogP contribution in [-0.4, -0.2) is 12.0 Å². The second-order valence-corrected chi connectivity index (χ2v) is 4.50. The molecule has 0 aliphatic heterocycles. The number of hydrogen-bond acceptors (Lipinski definition) is 4. The van der Waals surface area contributed by atoms with Gasteiger partial charge < -0.3 is 10.1 Å². The summed E-state index contributed by atoms with van der Waals surface area (Å²) in [7, 11) is 1.54. The van der Waals surface area contributed by atoms with Gasteiger partial charge in [0.1, 0.15) is 5.75 Å². The second kappa shape index (κ2) is 6.25. The van der Waals surface area contributed by atoms with E-state index in [0.717, 1.165) is 5.69 Å². The van der Waals surface area contributed by atoms with Crippen molar-refractivity contribution in [3.63, 3.8) is 0 Å². The molecule has 0 aliphatic carbocycles. The fourth-order valence-corrected chi connectivity index (χ4v) is 2.07. The van der Waals surface area contributed by atoms with Gasteiger partial charge in [0.2, 0.25) is 0 Å². The molecule has 0 fully saturated rings. The Labute approximate surface area is 121 Å². The quantitative estimate of drug-likeness (QED) is 0.671. The predicted molar refractivity (Wildman–Crippen MR) is 78.4 cm³/mol. The van der Waals surface area contributed by atoms with E-state index in [1.165, 1.54) is 6.07 Å². The zero-order valence-electron chi connectivity index (χ0n) is 10.8. The van der Waals surface area contributed by atoms with Crippen LogP contribution in [0, 0.1) is 10.1 Å². The summed E-state index contributed by atoms with van der Waals surface area (Å²) in [6.07, 6.45) is 0. The summed E-state index contributed by atoms with van der Waals surface area (Å²) in [5.74, 6) is 0.586. The number of nitrogens with zero attached hydrogens (tertiary/aromatic N) is 1. The van der Waals surface area contributed by atoms with Crippen LogP contribution >= 0.6 is 11.6 Å². The molecule has 104 valence electrons. The molecular weight excluding hydrogens is 280 g/mol. The molecule has 0 radical (unpaired) electrons. The summed E-state index contributed by atoms with van der Waals surface area (Å²) < 4.78 is 5.06. The third-order valence-corrected chi connectivity index (χ3v) is 3.12. The van der Waals surface area contributed by atoms with Crippen LogP contribution < -0.4 is 10.1 Å². The van der Waals surface area contributed by atoms with E-state index in [1.54, 1.807) is 43.5 Å². The smallest absolute Gasteiger partial charge is 0.274 e. The Bertz CT molecular complexity index is 632. The van der Waals surface area contributed by atoms with Crippen molar-refractivity contribution in [2.75, 3.05) is 12.4 Å². The summed E-state index contributed by atoms with van der Waals surface area (Å²) in [4.78, 5) is 10.5. The van der Waals surface area contributed by atoms with Crippen LogP contribution in [0.3, 0.4) is 0 Å². The Hall–Kier alpha value is -2.27. The van der Waals surface area contributed by atoms with Crippen LogP contribution in [-0.2, 0) is 6.54 Å². The number of halogens is 1. The number of nitrogens with one attached hydrogen (secondary N) is 1. The van der Waals surface area contributed by atoms with Crippen LogP contribution in [0.15, 0.2) is 42.5 Å². The average molecular weight is 293 g/mol. The number of nitro groups is 1. The number of methoxy groups -OCH3 is 1. The van der Waals surface area contributed by atoms with Crippen molar-refractivity contribution in [3.05, 3.63) is 63.2 Å². The molecule has 0 saturated heterocycles. The highest BCUT2D eigenvalue weighted by Gasteiger charge is 2.11. The molecule has 0 amide bonds. The van der Waals surface area contributed by atoms with Crippen LogP contribution in [0.2, 0.25) is 5.02 Å². The van der Waals surface area contributed by atoms with Crippen molar-refractivity contribution >= 4 is 23.0 Å². The number of benzene rings is 2. The monoisotopic (exact) mass is 292 g/mol.